The Kier molecular flexibility index (Phi) is 5.48. The maximum Gasteiger partial charge on any atom is 0.241 e. The first-order chi connectivity index (χ1) is 9.24. The second-order valence-electron chi connectivity index (χ2n) is 5.78. The van der Waals surface area contributed by atoms with E-state index in [0.717, 1.165) is 19.4 Å². The van der Waals surface area contributed by atoms with E-state index in [1.54, 1.807) is 0 Å². The smallest absolute Gasteiger partial charge is 0.241 e. The van der Waals surface area contributed by atoms with Gasteiger partial charge >= 0.3 is 0 Å². The quantitative estimate of drug-likeness (QED) is 0.396. The number of hydrogen-bond acceptors (Lipinski definition) is 2. The van der Waals surface area contributed by atoms with E-state index in [4.69, 9.17) is 5.73 Å². The van der Waals surface area contributed by atoms with Crippen LogP contribution in [0.15, 0.2) is 4.99 Å². The number of amides is 1. The fourth-order valence-electron chi connectivity index (χ4n) is 2.47. The lowest BCUT2D eigenvalue weighted by atomic mass is 10.1. The Hall–Kier alpha value is -1.26. The molecule has 0 aromatic heterocycles. The minimum atomic E-state index is -0.0301. The first-order valence-electron chi connectivity index (χ1n) is 7.57. The third-order valence-corrected chi connectivity index (χ3v) is 3.89. The van der Waals surface area contributed by atoms with Gasteiger partial charge in [0.15, 0.2) is 5.96 Å². The predicted molar refractivity (Wildman–Crippen MR) is 76.8 cm³/mol. The average Bonchev–Trinajstić information content (AvgIpc) is 3.21. The summed E-state index contributed by atoms with van der Waals surface area (Å²) in [5, 5.41) is 6.12. The van der Waals surface area contributed by atoms with Crippen molar-refractivity contribution in [2.24, 2.45) is 16.6 Å². The number of aliphatic imine (C=N–C) groups is 1. The fraction of sp³-hybridized carbons (Fsp3) is 0.857. The Morgan fingerprint density at radius 3 is 2.42 bits per heavy atom. The molecule has 2 aliphatic rings. The Balaban J connectivity index is 1.63. The third-order valence-electron chi connectivity index (χ3n) is 3.89. The lowest BCUT2D eigenvalue weighted by Gasteiger charge is -2.16. The summed E-state index contributed by atoms with van der Waals surface area (Å²) in [5.74, 6) is 1.08. The van der Waals surface area contributed by atoms with E-state index in [0.29, 0.717) is 17.9 Å². The van der Waals surface area contributed by atoms with Crippen LogP contribution in [0.2, 0.25) is 0 Å². The summed E-state index contributed by atoms with van der Waals surface area (Å²) >= 11 is 0. The molecule has 2 aliphatic carbocycles. The molecule has 0 unspecified atom stereocenters. The minimum absolute atomic E-state index is 0.0301. The second-order valence-corrected chi connectivity index (χ2v) is 5.78. The van der Waals surface area contributed by atoms with Crippen LogP contribution in [-0.2, 0) is 4.79 Å². The Morgan fingerprint density at radius 2 is 1.79 bits per heavy atom. The summed E-state index contributed by atoms with van der Waals surface area (Å²) in [6, 6.07) is 0.431. The van der Waals surface area contributed by atoms with Gasteiger partial charge < -0.3 is 16.4 Å². The van der Waals surface area contributed by atoms with Crippen LogP contribution in [0, 0.1) is 5.92 Å². The first kappa shape index (κ1) is 14.2. The van der Waals surface area contributed by atoms with E-state index in [9.17, 15) is 4.79 Å². The zero-order chi connectivity index (χ0) is 13.5. The molecule has 0 atom stereocenters. The topological polar surface area (TPSA) is 79.5 Å². The molecule has 0 heterocycles. The average molecular weight is 266 g/mol. The van der Waals surface area contributed by atoms with E-state index in [-0.39, 0.29) is 12.5 Å². The van der Waals surface area contributed by atoms with Crippen molar-refractivity contribution in [1.29, 1.82) is 0 Å². The van der Waals surface area contributed by atoms with E-state index in [1.165, 1.54) is 38.5 Å². The van der Waals surface area contributed by atoms with Gasteiger partial charge in [-0.2, -0.15) is 0 Å². The van der Waals surface area contributed by atoms with Crippen LogP contribution >= 0.6 is 0 Å². The van der Waals surface area contributed by atoms with E-state index < -0.39 is 0 Å². The van der Waals surface area contributed by atoms with Crippen molar-refractivity contribution in [3.05, 3.63) is 0 Å². The molecular weight excluding hydrogens is 240 g/mol. The SMILES string of the molecule is NC(=NCC(=O)NCC1CC1)NC1CCCCCC1. The molecule has 5 nitrogen and oxygen atoms in total. The van der Waals surface area contributed by atoms with Gasteiger partial charge in [0.2, 0.25) is 5.91 Å². The highest BCUT2D eigenvalue weighted by Crippen LogP contribution is 2.27. The van der Waals surface area contributed by atoms with Gasteiger partial charge in [-0.1, -0.05) is 25.7 Å². The highest BCUT2D eigenvalue weighted by atomic mass is 16.1. The zero-order valence-electron chi connectivity index (χ0n) is 11.7. The lowest BCUT2D eigenvalue weighted by molar-refractivity contribution is -0.119. The normalized spacial score (nSPS) is 21.8. The molecule has 1 amide bonds. The van der Waals surface area contributed by atoms with Crippen molar-refractivity contribution >= 4 is 11.9 Å². The number of nitrogens with zero attached hydrogens (tertiary/aromatic N) is 1. The largest absolute Gasteiger partial charge is 0.370 e. The highest BCUT2D eigenvalue weighted by molar-refractivity contribution is 5.84. The van der Waals surface area contributed by atoms with Crippen LogP contribution in [0.25, 0.3) is 0 Å². The number of rotatable bonds is 5. The summed E-state index contributed by atoms with van der Waals surface area (Å²) in [5.41, 5.74) is 5.83. The zero-order valence-corrected chi connectivity index (χ0v) is 11.7. The van der Waals surface area contributed by atoms with Crippen LogP contribution in [-0.4, -0.2) is 31.0 Å². The van der Waals surface area contributed by atoms with Gasteiger partial charge in [-0.05, 0) is 31.6 Å². The van der Waals surface area contributed by atoms with Crippen molar-refractivity contribution in [3.63, 3.8) is 0 Å². The molecule has 0 saturated heterocycles. The second kappa shape index (κ2) is 7.36. The monoisotopic (exact) mass is 266 g/mol. The van der Waals surface area contributed by atoms with Gasteiger partial charge in [0.25, 0.3) is 0 Å². The van der Waals surface area contributed by atoms with Crippen LogP contribution in [0.1, 0.15) is 51.4 Å². The fourth-order valence-corrected chi connectivity index (χ4v) is 2.47. The molecule has 5 heteroatoms. The molecule has 0 aromatic rings. The number of carbonyl (C=O) groups excluding carboxylic acids is 1. The number of hydrogen-bond donors (Lipinski definition) is 3. The maximum absolute atomic E-state index is 11.5. The first-order valence-corrected chi connectivity index (χ1v) is 7.57. The Labute approximate surface area is 115 Å². The van der Waals surface area contributed by atoms with Crippen molar-refractivity contribution in [1.82, 2.24) is 10.6 Å². The van der Waals surface area contributed by atoms with Crippen LogP contribution < -0.4 is 16.4 Å². The number of guanidine groups is 1. The standard InChI is InChI=1S/C14H26N4O/c15-14(18-12-5-3-1-2-4-6-12)17-10-13(19)16-9-11-7-8-11/h11-12H,1-10H2,(H,16,19)(H3,15,17,18). The van der Waals surface area contributed by atoms with Crippen molar-refractivity contribution in [2.75, 3.05) is 13.1 Å². The van der Waals surface area contributed by atoms with Crippen molar-refractivity contribution < 1.29 is 4.79 Å². The highest BCUT2D eigenvalue weighted by Gasteiger charge is 2.21. The van der Waals surface area contributed by atoms with Crippen LogP contribution in [0.3, 0.4) is 0 Å². The van der Waals surface area contributed by atoms with Gasteiger partial charge in [-0.15, -0.1) is 0 Å². The molecular formula is C14H26N4O. The van der Waals surface area contributed by atoms with Gasteiger partial charge in [0.05, 0.1) is 0 Å². The van der Waals surface area contributed by atoms with Crippen molar-refractivity contribution in [2.45, 2.75) is 57.4 Å². The summed E-state index contributed by atoms with van der Waals surface area (Å²) in [6.07, 6.45) is 9.95. The predicted octanol–water partition coefficient (Wildman–Crippen LogP) is 1.14. The molecule has 2 rings (SSSR count). The third kappa shape index (κ3) is 5.94. The van der Waals surface area contributed by atoms with E-state index in [2.05, 4.69) is 15.6 Å². The van der Waals surface area contributed by atoms with Gasteiger partial charge in [0, 0.05) is 12.6 Å². The van der Waals surface area contributed by atoms with E-state index >= 15 is 0 Å². The van der Waals surface area contributed by atoms with Gasteiger partial charge in [-0.3, -0.25) is 4.79 Å². The van der Waals surface area contributed by atoms with Crippen LogP contribution in [0.4, 0.5) is 0 Å². The minimum Gasteiger partial charge on any atom is -0.370 e. The lowest BCUT2D eigenvalue weighted by Crippen LogP contribution is -2.40. The van der Waals surface area contributed by atoms with Crippen LogP contribution in [0.5, 0.6) is 0 Å². The molecule has 0 bridgehead atoms. The number of carbonyl (C=O) groups is 1. The summed E-state index contributed by atoms with van der Waals surface area (Å²) in [4.78, 5) is 15.6. The van der Waals surface area contributed by atoms with E-state index in [1.807, 2.05) is 0 Å². The van der Waals surface area contributed by atoms with Gasteiger partial charge in [-0.25, -0.2) is 4.99 Å². The van der Waals surface area contributed by atoms with Crippen molar-refractivity contribution in [3.8, 4) is 0 Å². The summed E-state index contributed by atoms with van der Waals surface area (Å²) in [6.45, 7) is 0.933. The molecule has 0 aromatic carbocycles. The van der Waals surface area contributed by atoms with Gasteiger partial charge in [0.1, 0.15) is 6.54 Å². The molecule has 19 heavy (non-hydrogen) atoms. The molecule has 2 fully saturated rings. The summed E-state index contributed by atoms with van der Waals surface area (Å²) < 4.78 is 0. The molecule has 0 spiro atoms. The molecule has 2 saturated carbocycles. The Bertz CT molecular complexity index is 317. The molecule has 0 radical (unpaired) electrons. The number of nitrogens with one attached hydrogen (secondary N) is 2. The number of nitrogens with two attached hydrogens (primary N) is 1. The molecule has 108 valence electrons. The maximum atomic E-state index is 11.5. The molecule has 4 N–H and O–H groups in total. The Morgan fingerprint density at radius 1 is 1.11 bits per heavy atom. The molecule has 0 aliphatic heterocycles. The summed E-state index contributed by atoms with van der Waals surface area (Å²) in [7, 11) is 0.